The Labute approximate surface area is 141 Å². The zero-order valence-corrected chi connectivity index (χ0v) is 13.9. The first-order valence-electron chi connectivity index (χ1n) is 8.51. The van der Waals surface area contributed by atoms with Crippen LogP contribution < -0.4 is 4.74 Å². The lowest BCUT2D eigenvalue weighted by Crippen LogP contribution is -2.54. The van der Waals surface area contributed by atoms with E-state index in [0.29, 0.717) is 30.8 Å². The van der Waals surface area contributed by atoms with Crippen molar-refractivity contribution in [3.63, 3.8) is 0 Å². The lowest BCUT2D eigenvalue weighted by atomic mass is 9.89. The molecular formula is C18H23NO5. The summed E-state index contributed by atoms with van der Waals surface area (Å²) in [4.78, 5) is 26.4. The predicted octanol–water partition coefficient (Wildman–Crippen LogP) is 2.67. The molecule has 1 atom stereocenters. The maximum atomic E-state index is 13.2. The summed E-state index contributed by atoms with van der Waals surface area (Å²) in [5.41, 5.74) is -0.404. The second-order valence-electron chi connectivity index (χ2n) is 6.28. The molecule has 3 rings (SSSR count). The standard InChI is InChI=1S/C18H23NO5/c1-2-23-15-9-5-4-8-13(15)16(20)19-14(17(21)22)12-24-18(19)10-6-3-7-11-18/h4-5,8-9,14H,2-3,6-7,10-12H2,1H3,(H,21,22)/t14-/m1/s1. The van der Waals surface area contributed by atoms with Gasteiger partial charge in [0.05, 0.1) is 18.8 Å². The van der Waals surface area contributed by atoms with E-state index in [2.05, 4.69) is 0 Å². The van der Waals surface area contributed by atoms with E-state index < -0.39 is 17.7 Å². The van der Waals surface area contributed by atoms with Crippen LogP contribution in [0.25, 0.3) is 0 Å². The van der Waals surface area contributed by atoms with Gasteiger partial charge in [0.1, 0.15) is 11.5 Å². The van der Waals surface area contributed by atoms with Crippen molar-refractivity contribution in [1.29, 1.82) is 0 Å². The topological polar surface area (TPSA) is 76.1 Å². The fraction of sp³-hybridized carbons (Fsp3) is 0.556. The quantitative estimate of drug-likeness (QED) is 0.917. The average molecular weight is 333 g/mol. The Morgan fingerprint density at radius 2 is 2.00 bits per heavy atom. The number of hydrogen-bond donors (Lipinski definition) is 1. The number of aliphatic carboxylic acids is 1. The van der Waals surface area contributed by atoms with Gasteiger partial charge in [0.2, 0.25) is 0 Å². The van der Waals surface area contributed by atoms with Crippen molar-refractivity contribution in [1.82, 2.24) is 4.90 Å². The zero-order valence-electron chi connectivity index (χ0n) is 13.9. The number of rotatable bonds is 4. The van der Waals surface area contributed by atoms with Crippen LogP contribution in [0.15, 0.2) is 24.3 Å². The van der Waals surface area contributed by atoms with Gasteiger partial charge in [-0.1, -0.05) is 18.6 Å². The fourth-order valence-electron chi connectivity index (χ4n) is 3.71. The molecule has 1 aromatic carbocycles. The normalized spacial score (nSPS) is 22.5. The van der Waals surface area contributed by atoms with Gasteiger partial charge in [-0.25, -0.2) is 4.79 Å². The fourth-order valence-corrected chi connectivity index (χ4v) is 3.71. The van der Waals surface area contributed by atoms with E-state index in [1.807, 2.05) is 6.92 Å². The van der Waals surface area contributed by atoms with Crippen LogP contribution in [0.4, 0.5) is 0 Å². The third-order valence-electron chi connectivity index (χ3n) is 4.82. The molecule has 1 aromatic rings. The van der Waals surface area contributed by atoms with Crippen molar-refractivity contribution >= 4 is 11.9 Å². The molecular weight excluding hydrogens is 310 g/mol. The van der Waals surface area contributed by atoms with Crippen LogP contribution in [-0.2, 0) is 9.53 Å². The van der Waals surface area contributed by atoms with Gasteiger partial charge in [-0.2, -0.15) is 0 Å². The summed E-state index contributed by atoms with van der Waals surface area (Å²) >= 11 is 0. The number of hydrogen-bond acceptors (Lipinski definition) is 4. The van der Waals surface area contributed by atoms with E-state index in [4.69, 9.17) is 9.47 Å². The Morgan fingerprint density at radius 1 is 1.29 bits per heavy atom. The van der Waals surface area contributed by atoms with E-state index in [1.165, 1.54) is 4.90 Å². The molecule has 6 nitrogen and oxygen atoms in total. The molecule has 1 aliphatic heterocycles. The number of ether oxygens (including phenoxy) is 2. The highest BCUT2D eigenvalue weighted by Crippen LogP contribution is 2.42. The van der Waals surface area contributed by atoms with Crippen LogP contribution in [0, 0.1) is 0 Å². The van der Waals surface area contributed by atoms with Crippen molar-refractivity contribution in [2.24, 2.45) is 0 Å². The highest BCUT2D eigenvalue weighted by Gasteiger charge is 2.53. The van der Waals surface area contributed by atoms with Gasteiger partial charge in [0.15, 0.2) is 6.04 Å². The summed E-state index contributed by atoms with van der Waals surface area (Å²) in [6.45, 7) is 2.33. The third kappa shape index (κ3) is 2.86. The van der Waals surface area contributed by atoms with Gasteiger partial charge in [-0.15, -0.1) is 0 Å². The number of carbonyl (C=O) groups excluding carboxylic acids is 1. The first kappa shape index (κ1) is 16.8. The van der Waals surface area contributed by atoms with E-state index >= 15 is 0 Å². The first-order valence-corrected chi connectivity index (χ1v) is 8.51. The van der Waals surface area contributed by atoms with Gasteiger partial charge >= 0.3 is 5.97 Å². The number of para-hydroxylation sites is 1. The second-order valence-corrected chi connectivity index (χ2v) is 6.28. The molecule has 0 bridgehead atoms. The number of nitrogens with zero attached hydrogens (tertiary/aromatic N) is 1. The maximum absolute atomic E-state index is 13.2. The minimum absolute atomic E-state index is 0.0396. The Bertz CT molecular complexity index is 624. The SMILES string of the molecule is CCOc1ccccc1C(=O)N1[C@@H](C(=O)O)COC12CCCCC2. The third-order valence-corrected chi connectivity index (χ3v) is 4.82. The van der Waals surface area contributed by atoms with Gasteiger partial charge < -0.3 is 14.6 Å². The molecule has 0 aromatic heterocycles. The second kappa shape index (κ2) is 6.81. The van der Waals surface area contributed by atoms with Gasteiger partial charge in [-0.3, -0.25) is 9.69 Å². The van der Waals surface area contributed by atoms with Crippen LogP contribution in [0.1, 0.15) is 49.4 Å². The number of carbonyl (C=O) groups is 2. The lowest BCUT2D eigenvalue weighted by molar-refractivity contribution is -0.143. The smallest absolute Gasteiger partial charge is 0.328 e. The summed E-state index contributed by atoms with van der Waals surface area (Å²) in [6, 6.07) is 6.02. The molecule has 1 amide bonds. The summed E-state index contributed by atoms with van der Waals surface area (Å²) in [5.74, 6) is -0.877. The Hall–Kier alpha value is -2.08. The van der Waals surface area contributed by atoms with E-state index in [-0.39, 0.29) is 12.5 Å². The minimum Gasteiger partial charge on any atom is -0.493 e. The Morgan fingerprint density at radius 3 is 2.67 bits per heavy atom. The molecule has 24 heavy (non-hydrogen) atoms. The van der Waals surface area contributed by atoms with Crippen LogP contribution in [-0.4, -0.2) is 46.9 Å². The molecule has 1 N–H and O–H groups in total. The highest BCUT2D eigenvalue weighted by atomic mass is 16.5. The van der Waals surface area contributed by atoms with Gasteiger partial charge in [0, 0.05) is 0 Å². The number of carboxylic acid groups (broad SMARTS) is 1. The molecule has 1 saturated heterocycles. The molecule has 1 aliphatic carbocycles. The van der Waals surface area contributed by atoms with Crippen LogP contribution >= 0.6 is 0 Å². The van der Waals surface area contributed by atoms with Crippen molar-refractivity contribution in [3.8, 4) is 5.75 Å². The molecule has 130 valence electrons. The molecule has 6 heteroatoms. The predicted molar refractivity (Wildman–Crippen MR) is 87.0 cm³/mol. The summed E-state index contributed by atoms with van der Waals surface area (Å²) in [7, 11) is 0. The average Bonchev–Trinajstić information content (AvgIpc) is 2.94. The number of carboxylic acids is 1. The molecule has 1 saturated carbocycles. The van der Waals surface area contributed by atoms with Crippen molar-refractivity contribution < 1.29 is 24.2 Å². The van der Waals surface area contributed by atoms with Crippen LogP contribution in [0.5, 0.6) is 5.75 Å². The van der Waals surface area contributed by atoms with Crippen LogP contribution in [0.2, 0.25) is 0 Å². The van der Waals surface area contributed by atoms with Crippen molar-refractivity contribution in [2.75, 3.05) is 13.2 Å². The molecule has 2 aliphatic rings. The first-order chi connectivity index (χ1) is 11.6. The molecule has 2 fully saturated rings. The monoisotopic (exact) mass is 333 g/mol. The van der Waals surface area contributed by atoms with Crippen molar-refractivity contribution in [2.45, 2.75) is 50.8 Å². The van der Waals surface area contributed by atoms with E-state index in [0.717, 1.165) is 19.3 Å². The molecule has 1 heterocycles. The zero-order chi connectivity index (χ0) is 17.2. The molecule has 0 radical (unpaired) electrons. The molecule has 1 spiro atoms. The Balaban J connectivity index is 1.99. The molecule has 0 unspecified atom stereocenters. The van der Waals surface area contributed by atoms with E-state index in [1.54, 1.807) is 24.3 Å². The van der Waals surface area contributed by atoms with E-state index in [9.17, 15) is 14.7 Å². The largest absolute Gasteiger partial charge is 0.493 e. The highest BCUT2D eigenvalue weighted by molar-refractivity contribution is 5.99. The maximum Gasteiger partial charge on any atom is 0.328 e. The van der Waals surface area contributed by atoms with Gasteiger partial charge in [0.25, 0.3) is 5.91 Å². The number of amides is 1. The minimum atomic E-state index is -1.03. The van der Waals surface area contributed by atoms with Crippen LogP contribution in [0.3, 0.4) is 0 Å². The Kier molecular flexibility index (Phi) is 4.76. The summed E-state index contributed by atoms with van der Waals surface area (Å²) in [5, 5.41) is 9.56. The lowest BCUT2D eigenvalue weighted by Gasteiger charge is -2.41. The number of benzene rings is 1. The summed E-state index contributed by atoms with van der Waals surface area (Å²) < 4.78 is 11.4. The van der Waals surface area contributed by atoms with Crippen molar-refractivity contribution in [3.05, 3.63) is 29.8 Å². The van der Waals surface area contributed by atoms with Gasteiger partial charge in [-0.05, 0) is 44.7 Å². The summed E-state index contributed by atoms with van der Waals surface area (Å²) in [6.07, 6.45) is 4.31.